The van der Waals surface area contributed by atoms with Crippen LogP contribution < -0.4 is 20.9 Å². The first kappa shape index (κ1) is 32.5. The van der Waals surface area contributed by atoms with Crippen molar-refractivity contribution in [3.8, 4) is 10.4 Å². The third kappa shape index (κ3) is 7.48. The van der Waals surface area contributed by atoms with Crippen LogP contribution in [0.3, 0.4) is 0 Å². The average Bonchev–Trinajstić information content (AvgIpc) is 3.64. The lowest BCUT2D eigenvalue weighted by molar-refractivity contribution is -0.142. The summed E-state index contributed by atoms with van der Waals surface area (Å²) in [5.74, 6) is -0.636. The van der Waals surface area contributed by atoms with Crippen molar-refractivity contribution in [2.75, 3.05) is 37.6 Å². The maximum Gasteiger partial charge on any atom is 0.272 e. The lowest BCUT2D eigenvalue weighted by Gasteiger charge is -2.35. The van der Waals surface area contributed by atoms with Crippen molar-refractivity contribution in [1.29, 1.82) is 0 Å². The molecule has 3 amide bonds. The van der Waals surface area contributed by atoms with Crippen molar-refractivity contribution in [3.05, 3.63) is 59.1 Å². The number of carbonyl (C=O) groups is 3. The lowest BCUT2D eigenvalue weighted by atomic mass is 9.85. The third-order valence-electron chi connectivity index (χ3n) is 8.34. The van der Waals surface area contributed by atoms with Crippen LogP contribution in [-0.2, 0) is 9.59 Å². The third-order valence-corrected chi connectivity index (χ3v) is 9.32. The van der Waals surface area contributed by atoms with Crippen LogP contribution in [0.25, 0.3) is 10.4 Å². The number of aromatic nitrogens is 3. The van der Waals surface area contributed by atoms with Gasteiger partial charge in [0.05, 0.1) is 40.6 Å². The summed E-state index contributed by atoms with van der Waals surface area (Å²) in [5, 5.41) is 19.7. The van der Waals surface area contributed by atoms with Gasteiger partial charge in [-0.3, -0.25) is 14.4 Å². The van der Waals surface area contributed by atoms with Gasteiger partial charge >= 0.3 is 0 Å². The molecular formula is C32H42N8O4S. The number of hydrogen-bond acceptors (Lipinski definition) is 10. The molecule has 0 spiro atoms. The fourth-order valence-corrected chi connectivity index (χ4v) is 6.53. The van der Waals surface area contributed by atoms with Crippen LogP contribution >= 0.6 is 11.3 Å². The van der Waals surface area contributed by atoms with Crippen molar-refractivity contribution >= 4 is 34.9 Å². The Kier molecular flexibility index (Phi) is 9.80. The van der Waals surface area contributed by atoms with Crippen molar-refractivity contribution in [1.82, 2.24) is 35.8 Å². The highest BCUT2D eigenvalue weighted by molar-refractivity contribution is 7.13. The summed E-state index contributed by atoms with van der Waals surface area (Å²) in [7, 11) is 0. The van der Waals surface area contributed by atoms with E-state index < -0.39 is 35.4 Å². The Balaban J connectivity index is 1.26. The van der Waals surface area contributed by atoms with Gasteiger partial charge in [0.15, 0.2) is 0 Å². The Morgan fingerprint density at radius 2 is 1.76 bits per heavy atom. The number of benzene rings is 1. The number of nitrogens with one attached hydrogen (secondary N) is 3. The molecule has 0 radical (unpaired) electrons. The molecule has 240 valence electrons. The van der Waals surface area contributed by atoms with Crippen LogP contribution in [0.1, 0.15) is 61.9 Å². The van der Waals surface area contributed by atoms with Gasteiger partial charge < -0.3 is 30.9 Å². The normalized spacial score (nSPS) is 20.0. The molecule has 4 N–H and O–H groups in total. The Bertz CT molecular complexity index is 1500. The topological polar surface area (TPSA) is 153 Å². The molecule has 4 heterocycles. The maximum absolute atomic E-state index is 14.0. The minimum absolute atomic E-state index is 0.00412. The van der Waals surface area contributed by atoms with Crippen LogP contribution in [-0.4, -0.2) is 93.6 Å². The highest BCUT2D eigenvalue weighted by Gasteiger charge is 2.45. The molecule has 1 aromatic carbocycles. The van der Waals surface area contributed by atoms with E-state index in [9.17, 15) is 19.5 Å². The number of aliphatic hydroxyl groups excluding tert-OH is 1. The standard InChI is InChI=1S/C32H42N8O4S/c1-19(21-6-8-22(9-7-21)27-20(2)36-18-45-27)37-30(43)25-14-23(41)17-40(25)31(44)28(32(3,4)5)38-29(42)24-15-35-26(16-34-24)39-12-10-33-11-13-39/h6-9,15-16,18-19,23,25,28,33,41H,10-14,17H2,1-5H3,(H,37,43)(H,38,42)/t19-,23+,25-,28+/m0/s1. The molecule has 45 heavy (non-hydrogen) atoms. The SMILES string of the molecule is Cc1ncsc1-c1ccc([C@H](C)NC(=O)[C@@H]2C[C@@H](O)CN2C(=O)[C@@H](NC(=O)c2cnc(N3CCNCC3)cn2)C(C)(C)C)cc1. The van der Waals surface area contributed by atoms with Crippen molar-refractivity contribution in [3.63, 3.8) is 0 Å². The number of hydrogen-bond donors (Lipinski definition) is 4. The summed E-state index contributed by atoms with van der Waals surface area (Å²) in [6.07, 6.45) is 2.23. The number of carbonyl (C=O) groups excluding carboxylic acids is 3. The van der Waals surface area contributed by atoms with E-state index in [1.807, 2.05) is 64.4 Å². The monoisotopic (exact) mass is 634 g/mol. The van der Waals surface area contributed by atoms with Crippen LogP contribution in [0.2, 0.25) is 0 Å². The number of thiazole rings is 1. The predicted molar refractivity (Wildman–Crippen MR) is 173 cm³/mol. The molecule has 2 fully saturated rings. The second kappa shape index (κ2) is 13.6. The summed E-state index contributed by atoms with van der Waals surface area (Å²) in [4.78, 5) is 58.4. The summed E-state index contributed by atoms with van der Waals surface area (Å²) >= 11 is 1.58. The Morgan fingerprint density at radius 3 is 2.36 bits per heavy atom. The number of aryl methyl sites for hydroxylation is 1. The van der Waals surface area contributed by atoms with E-state index in [2.05, 4.69) is 35.8 Å². The zero-order chi connectivity index (χ0) is 32.3. The number of anilines is 1. The van der Waals surface area contributed by atoms with Crippen LogP contribution in [0.5, 0.6) is 0 Å². The van der Waals surface area contributed by atoms with Crippen molar-refractivity contribution < 1.29 is 19.5 Å². The van der Waals surface area contributed by atoms with Gasteiger partial charge in [-0.2, -0.15) is 0 Å². The number of piperazine rings is 1. The molecule has 0 saturated carbocycles. The van der Waals surface area contributed by atoms with Gasteiger partial charge in [-0.05, 0) is 30.4 Å². The van der Waals surface area contributed by atoms with Crippen molar-refractivity contribution in [2.24, 2.45) is 5.41 Å². The smallest absolute Gasteiger partial charge is 0.272 e. The van der Waals surface area contributed by atoms with Gasteiger partial charge in [0.2, 0.25) is 11.8 Å². The molecule has 0 bridgehead atoms. The summed E-state index contributed by atoms with van der Waals surface area (Å²) in [6, 6.07) is 5.77. The summed E-state index contributed by atoms with van der Waals surface area (Å²) < 4.78 is 0. The van der Waals surface area contributed by atoms with Crippen LogP contribution in [0, 0.1) is 12.3 Å². The van der Waals surface area contributed by atoms with E-state index in [-0.39, 0.29) is 30.6 Å². The van der Waals surface area contributed by atoms with Gasteiger partial charge in [0.25, 0.3) is 5.91 Å². The molecular weight excluding hydrogens is 592 g/mol. The molecule has 0 unspecified atom stereocenters. The second-order valence-corrected chi connectivity index (χ2v) is 13.6. The average molecular weight is 635 g/mol. The van der Waals surface area contributed by atoms with E-state index in [1.165, 1.54) is 11.1 Å². The zero-order valence-electron chi connectivity index (χ0n) is 26.4. The maximum atomic E-state index is 14.0. The highest BCUT2D eigenvalue weighted by Crippen LogP contribution is 2.29. The first-order chi connectivity index (χ1) is 21.4. The Hall–Kier alpha value is -3.94. The van der Waals surface area contributed by atoms with E-state index >= 15 is 0 Å². The molecule has 5 rings (SSSR count). The lowest BCUT2D eigenvalue weighted by Crippen LogP contribution is -2.58. The molecule has 4 atom stereocenters. The molecule has 3 aromatic rings. The quantitative estimate of drug-likeness (QED) is 0.293. The largest absolute Gasteiger partial charge is 0.391 e. The number of likely N-dealkylation sites (tertiary alicyclic amines) is 1. The van der Waals surface area contributed by atoms with Gasteiger partial charge in [-0.15, -0.1) is 11.3 Å². The number of β-amino-alcohol motifs (C(OH)–C–C–N with tert-alkyl or cyclic N) is 1. The molecule has 2 aliphatic heterocycles. The number of rotatable bonds is 8. The van der Waals surface area contributed by atoms with Crippen LogP contribution in [0.4, 0.5) is 5.82 Å². The minimum Gasteiger partial charge on any atom is -0.391 e. The summed E-state index contributed by atoms with van der Waals surface area (Å²) in [5.41, 5.74) is 4.16. The molecule has 2 aromatic heterocycles. The van der Waals surface area contributed by atoms with Gasteiger partial charge in [-0.25, -0.2) is 15.0 Å². The number of amides is 3. The van der Waals surface area contributed by atoms with E-state index in [1.54, 1.807) is 17.5 Å². The Labute approximate surface area is 267 Å². The highest BCUT2D eigenvalue weighted by atomic mass is 32.1. The summed E-state index contributed by atoms with van der Waals surface area (Å²) in [6.45, 7) is 12.7. The zero-order valence-corrected chi connectivity index (χ0v) is 27.2. The predicted octanol–water partition coefficient (Wildman–Crippen LogP) is 2.30. The van der Waals surface area contributed by atoms with Crippen LogP contribution in [0.15, 0.2) is 42.2 Å². The molecule has 2 aliphatic rings. The number of nitrogens with zero attached hydrogens (tertiary/aromatic N) is 5. The minimum atomic E-state index is -0.972. The fraction of sp³-hybridized carbons (Fsp3) is 0.500. The van der Waals surface area contributed by atoms with Gasteiger partial charge in [0, 0.05) is 39.1 Å². The first-order valence-corrected chi connectivity index (χ1v) is 16.2. The Morgan fingerprint density at radius 1 is 1.04 bits per heavy atom. The van der Waals surface area contributed by atoms with E-state index in [0.717, 1.165) is 47.9 Å². The van der Waals surface area contributed by atoms with Crippen molar-refractivity contribution in [2.45, 2.75) is 65.3 Å². The first-order valence-electron chi connectivity index (χ1n) is 15.3. The molecule has 0 aliphatic carbocycles. The number of aliphatic hydroxyl groups is 1. The molecule has 12 nitrogen and oxygen atoms in total. The molecule has 2 saturated heterocycles. The molecule has 13 heteroatoms. The van der Waals surface area contributed by atoms with E-state index in [0.29, 0.717) is 5.82 Å². The second-order valence-electron chi connectivity index (χ2n) is 12.8. The van der Waals surface area contributed by atoms with E-state index in [4.69, 9.17) is 0 Å². The van der Waals surface area contributed by atoms with Gasteiger partial charge in [-0.1, -0.05) is 45.0 Å². The van der Waals surface area contributed by atoms with Gasteiger partial charge in [0.1, 0.15) is 23.6 Å². The fourth-order valence-electron chi connectivity index (χ4n) is 5.72.